The average Bonchev–Trinajstić information content (AvgIpc) is 3.21. The first kappa shape index (κ1) is 22.0. The number of aromatic nitrogens is 2. The van der Waals surface area contributed by atoms with E-state index in [-0.39, 0.29) is 10.9 Å². The summed E-state index contributed by atoms with van der Waals surface area (Å²) in [5, 5.41) is 4.49. The van der Waals surface area contributed by atoms with E-state index in [1.807, 2.05) is 44.2 Å². The average molecular weight is 420 g/mol. The molecule has 2 unspecified atom stereocenters. The Hall–Kier alpha value is -1.70. The molecule has 160 valence electrons. The fourth-order valence-corrected chi connectivity index (χ4v) is 6.11. The molecule has 0 N–H and O–H groups in total. The Morgan fingerprint density at radius 2 is 1.97 bits per heavy atom. The zero-order chi connectivity index (χ0) is 21.2. The standard InChI is InChI=1S/C22H33N3O3S/c1-6-20-16-28-22(5,13-12-17(2)3)25(20)29(26,27)21-15-24(23-18(21)4)14-19-10-8-7-9-11-19/h7-11,15,17,20H,6,12-14,16H2,1-5H3. The first-order chi connectivity index (χ1) is 13.7. The van der Waals surface area contributed by atoms with Crippen molar-refractivity contribution in [2.45, 2.75) is 77.1 Å². The number of benzene rings is 1. The quantitative estimate of drug-likeness (QED) is 0.643. The largest absolute Gasteiger partial charge is 0.358 e. The number of sulfonamides is 1. The summed E-state index contributed by atoms with van der Waals surface area (Å²) in [6.07, 6.45) is 3.96. The molecule has 2 aromatic rings. The maximum Gasteiger partial charge on any atom is 0.249 e. The summed E-state index contributed by atoms with van der Waals surface area (Å²) in [5.74, 6) is 0.482. The monoisotopic (exact) mass is 419 g/mol. The molecule has 1 aromatic heterocycles. The van der Waals surface area contributed by atoms with Gasteiger partial charge in [-0.25, -0.2) is 8.42 Å². The summed E-state index contributed by atoms with van der Waals surface area (Å²) in [4.78, 5) is 0.271. The lowest BCUT2D eigenvalue weighted by atomic mass is 10.0. The van der Waals surface area contributed by atoms with Gasteiger partial charge in [-0.15, -0.1) is 0 Å². The summed E-state index contributed by atoms with van der Waals surface area (Å²) >= 11 is 0. The minimum absolute atomic E-state index is 0.158. The Labute approximate surface area is 174 Å². The molecule has 0 radical (unpaired) electrons. The van der Waals surface area contributed by atoms with Crippen LogP contribution in [0, 0.1) is 12.8 Å². The molecule has 0 saturated carbocycles. The minimum atomic E-state index is -3.73. The van der Waals surface area contributed by atoms with Crippen LogP contribution >= 0.6 is 0 Å². The van der Waals surface area contributed by atoms with Gasteiger partial charge in [0, 0.05) is 6.20 Å². The molecule has 0 amide bonds. The molecule has 0 bridgehead atoms. The Balaban J connectivity index is 1.93. The van der Waals surface area contributed by atoms with Crippen molar-refractivity contribution in [2.24, 2.45) is 5.92 Å². The number of nitrogens with zero attached hydrogens (tertiary/aromatic N) is 3. The second kappa shape index (κ2) is 8.58. The van der Waals surface area contributed by atoms with Crippen molar-refractivity contribution in [1.29, 1.82) is 0 Å². The maximum atomic E-state index is 13.7. The third-order valence-corrected chi connectivity index (χ3v) is 7.83. The van der Waals surface area contributed by atoms with Gasteiger partial charge in [0.05, 0.1) is 24.9 Å². The van der Waals surface area contributed by atoms with Crippen LogP contribution in [0.4, 0.5) is 0 Å². The number of rotatable bonds is 8. The summed E-state index contributed by atoms with van der Waals surface area (Å²) in [6, 6.07) is 9.76. The van der Waals surface area contributed by atoms with E-state index in [0.29, 0.717) is 37.6 Å². The van der Waals surface area contributed by atoms with E-state index in [4.69, 9.17) is 4.74 Å². The number of ether oxygens (including phenoxy) is 1. The fourth-order valence-electron chi connectivity index (χ4n) is 3.98. The zero-order valence-corrected chi connectivity index (χ0v) is 18.9. The molecule has 29 heavy (non-hydrogen) atoms. The van der Waals surface area contributed by atoms with Gasteiger partial charge in [0.25, 0.3) is 0 Å². The van der Waals surface area contributed by atoms with Crippen molar-refractivity contribution in [1.82, 2.24) is 14.1 Å². The Bertz CT molecular complexity index is 924. The first-order valence-electron chi connectivity index (χ1n) is 10.4. The smallest absolute Gasteiger partial charge is 0.249 e. The van der Waals surface area contributed by atoms with Gasteiger partial charge in [0.1, 0.15) is 10.6 Å². The molecule has 2 atom stereocenters. The lowest BCUT2D eigenvalue weighted by Gasteiger charge is -2.35. The molecular weight excluding hydrogens is 386 g/mol. The second-order valence-electron chi connectivity index (χ2n) is 8.54. The van der Waals surface area contributed by atoms with Crippen LogP contribution in [0.3, 0.4) is 0 Å². The third kappa shape index (κ3) is 4.57. The molecule has 7 heteroatoms. The second-order valence-corrected chi connectivity index (χ2v) is 10.3. The summed E-state index contributed by atoms with van der Waals surface area (Å²) < 4.78 is 36.9. The van der Waals surface area contributed by atoms with Crippen molar-refractivity contribution in [3.8, 4) is 0 Å². The van der Waals surface area contributed by atoms with Crippen molar-refractivity contribution >= 4 is 10.0 Å². The van der Waals surface area contributed by atoms with E-state index < -0.39 is 15.7 Å². The highest BCUT2D eigenvalue weighted by molar-refractivity contribution is 7.89. The van der Waals surface area contributed by atoms with Crippen LogP contribution in [0.1, 0.15) is 58.2 Å². The topological polar surface area (TPSA) is 64.4 Å². The highest BCUT2D eigenvalue weighted by atomic mass is 32.2. The van der Waals surface area contributed by atoms with Gasteiger partial charge in [0.15, 0.2) is 0 Å². The summed E-state index contributed by atoms with van der Waals surface area (Å²) in [7, 11) is -3.73. The van der Waals surface area contributed by atoms with Crippen molar-refractivity contribution in [3.63, 3.8) is 0 Å². The van der Waals surface area contributed by atoms with E-state index in [2.05, 4.69) is 18.9 Å². The third-order valence-electron chi connectivity index (χ3n) is 5.67. The SMILES string of the molecule is CCC1COC(C)(CCC(C)C)N1S(=O)(=O)c1cn(Cc2ccccc2)nc1C. The van der Waals surface area contributed by atoms with Crippen LogP contribution in [-0.2, 0) is 21.3 Å². The summed E-state index contributed by atoms with van der Waals surface area (Å²) in [6.45, 7) is 10.9. The fraction of sp³-hybridized carbons (Fsp3) is 0.591. The lowest BCUT2D eigenvalue weighted by Crippen LogP contribution is -2.49. The van der Waals surface area contributed by atoms with Gasteiger partial charge in [-0.05, 0) is 44.6 Å². The molecule has 1 fully saturated rings. The number of aryl methyl sites for hydroxylation is 1. The molecule has 6 nitrogen and oxygen atoms in total. The molecule has 2 heterocycles. The van der Waals surface area contributed by atoms with Crippen LogP contribution in [-0.4, -0.2) is 40.9 Å². The van der Waals surface area contributed by atoms with Crippen LogP contribution in [0.5, 0.6) is 0 Å². The Morgan fingerprint density at radius 1 is 1.28 bits per heavy atom. The van der Waals surface area contributed by atoms with E-state index in [1.165, 1.54) is 0 Å². The van der Waals surface area contributed by atoms with Crippen LogP contribution in [0.25, 0.3) is 0 Å². The van der Waals surface area contributed by atoms with Crippen molar-refractivity contribution in [3.05, 3.63) is 47.8 Å². The number of hydrogen-bond acceptors (Lipinski definition) is 4. The minimum Gasteiger partial charge on any atom is -0.358 e. The normalized spacial score (nSPS) is 23.2. The molecule has 3 rings (SSSR count). The predicted octanol–water partition coefficient (Wildman–Crippen LogP) is 4.19. The molecular formula is C22H33N3O3S. The van der Waals surface area contributed by atoms with E-state index >= 15 is 0 Å². The van der Waals surface area contributed by atoms with Crippen LogP contribution in [0.15, 0.2) is 41.4 Å². The van der Waals surface area contributed by atoms with Crippen LogP contribution < -0.4 is 0 Å². The lowest BCUT2D eigenvalue weighted by molar-refractivity contribution is -0.0433. The highest BCUT2D eigenvalue weighted by Gasteiger charge is 2.51. The van der Waals surface area contributed by atoms with E-state index in [9.17, 15) is 8.42 Å². The Morgan fingerprint density at radius 3 is 2.59 bits per heavy atom. The molecule has 1 aliphatic rings. The van der Waals surface area contributed by atoms with E-state index in [1.54, 1.807) is 22.1 Å². The molecule has 1 saturated heterocycles. The van der Waals surface area contributed by atoms with Crippen LogP contribution in [0.2, 0.25) is 0 Å². The summed E-state index contributed by atoms with van der Waals surface area (Å²) in [5.41, 5.74) is 0.781. The number of hydrogen-bond donors (Lipinski definition) is 0. The first-order valence-corrected chi connectivity index (χ1v) is 11.9. The molecule has 1 aromatic carbocycles. The molecule has 0 aliphatic carbocycles. The highest BCUT2D eigenvalue weighted by Crippen LogP contribution is 2.39. The van der Waals surface area contributed by atoms with E-state index in [0.717, 1.165) is 12.0 Å². The van der Waals surface area contributed by atoms with Gasteiger partial charge < -0.3 is 4.74 Å². The van der Waals surface area contributed by atoms with Crippen molar-refractivity contribution < 1.29 is 13.2 Å². The van der Waals surface area contributed by atoms with Gasteiger partial charge in [0.2, 0.25) is 10.0 Å². The predicted molar refractivity (Wildman–Crippen MR) is 114 cm³/mol. The zero-order valence-electron chi connectivity index (χ0n) is 18.1. The molecule has 1 aliphatic heterocycles. The maximum absolute atomic E-state index is 13.7. The van der Waals surface area contributed by atoms with Gasteiger partial charge in [-0.3, -0.25) is 4.68 Å². The molecule has 0 spiro atoms. The Kier molecular flexibility index (Phi) is 6.51. The van der Waals surface area contributed by atoms with Gasteiger partial charge >= 0.3 is 0 Å². The van der Waals surface area contributed by atoms with Gasteiger partial charge in [-0.1, -0.05) is 51.1 Å². The van der Waals surface area contributed by atoms with Gasteiger partial charge in [-0.2, -0.15) is 9.40 Å². The van der Waals surface area contributed by atoms with Crippen molar-refractivity contribution in [2.75, 3.05) is 6.61 Å².